The molecule has 0 saturated heterocycles. The van der Waals surface area contributed by atoms with Crippen LogP contribution in [0.25, 0.3) is 0 Å². The smallest absolute Gasteiger partial charge is 0.0317 e. The lowest BCUT2D eigenvalue weighted by atomic mass is 9.97. The largest absolute Gasteiger partial charge is 0.330 e. The van der Waals surface area contributed by atoms with Crippen molar-refractivity contribution in [3.05, 3.63) is 35.4 Å². The van der Waals surface area contributed by atoms with Crippen molar-refractivity contribution in [1.82, 2.24) is 5.32 Å². The second-order valence-electron chi connectivity index (χ2n) is 5.11. The molecule has 1 rings (SSSR count). The van der Waals surface area contributed by atoms with E-state index in [4.69, 9.17) is 5.73 Å². The number of hydrogen-bond donors (Lipinski definition) is 2. The maximum Gasteiger partial charge on any atom is 0.0317 e. The Morgan fingerprint density at radius 3 is 2.29 bits per heavy atom. The van der Waals surface area contributed by atoms with Gasteiger partial charge in [-0.05, 0) is 49.9 Å². The van der Waals surface area contributed by atoms with Crippen molar-refractivity contribution in [1.29, 1.82) is 0 Å². The third kappa shape index (κ3) is 4.88. The van der Waals surface area contributed by atoms with Crippen molar-refractivity contribution >= 4 is 0 Å². The van der Waals surface area contributed by atoms with Crippen molar-refractivity contribution < 1.29 is 0 Å². The fourth-order valence-electron chi connectivity index (χ4n) is 2.16. The van der Waals surface area contributed by atoms with Crippen molar-refractivity contribution in [2.45, 2.75) is 39.2 Å². The quantitative estimate of drug-likeness (QED) is 0.761. The summed E-state index contributed by atoms with van der Waals surface area (Å²) in [4.78, 5) is 0. The summed E-state index contributed by atoms with van der Waals surface area (Å²) >= 11 is 0. The summed E-state index contributed by atoms with van der Waals surface area (Å²) in [5.74, 6) is 0.721. The lowest BCUT2D eigenvalue weighted by molar-refractivity contribution is 0.531. The fourth-order valence-corrected chi connectivity index (χ4v) is 2.16. The SMILES string of the molecule is CNC(CCCN)c1ccc(CC(C)C)cc1. The molecule has 0 heterocycles. The Labute approximate surface area is 106 Å². The number of rotatable bonds is 7. The van der Waals surface area contributed by atoms with Crippen LogP contribution in [0.2, 0.25) is 0 Å². The number of benzene rings is 1. The molecule has 0 saturated carbocycles. The summed E-state index contributed by atoms with van der Waals surface area (Å²) in [6.07, 6.45) is 3.34. The van der Waals surface area contributed by atoms with Crippen LogP contribution in [0, 0.1) is 5.92 Å². The lowest BCUT2D eigenvalue weighted by Gasteiger charge is -2.17. The molecule has 0 aromatic heterocycles. The van der Waals surface area contributed by atoms with E-state index >= 15 is 0 Å². The second-order valence-corrected chi connectivity index (χ2v) is 5.11. The summed E-state index contributed by atoms with van der Waals surface area (Å²) in [7, 11) is 2.02. The minimum atomic E-state index is 0.437. The zero-order valence-electron chi connectivity index (χ0n) is 11.4. The molecule has 96 valence electrons. The van der Waals surface area contributed by atoms with Crippen LogP contribution >= 0.6 is 0 Å². The summed E-state index contributed by atoms with van der Waals surface area (Å²) in [6, 6.07) is 9.43. The van der Waals surface area contributed by atoms with Gasteiger partial charge in [-0.3, -0.25) is 0 Å². The molecule has 1 aromatic rings. The van der Waals surface area contributed by atoms with E-state index in [2.05, 4.69) is 43.4 Å². The average molecular weight is 234 g/mol. The van der Waals surface area contributed by atoms with Gasteiger partial charge in [0, 0.05) is 6.04 Å². The number of nitrogens with one attached hydrogen (secondary N) is 1. The Morgan fingerprint density at radius 1 is 1.18 bits per heavy atom. The Morgan fingerprint density at radius 2 is 1.82 bits per heavy atom. The van der Waals surface area contributed by atoms with E-state index in [1.165, 1.54) is 11.1 Å². The van der Waals surface area contributed by atoms with E-state index < -0.39 is 0 Å². The highest BCUT2D eigenvalue weighted by Crippen LogP contribution is 2.19. The lowest BCUT2D eigenvalue weighted by Crippen LogP contribution is -2.17. The van der Waals surface area contributed by atoms with Gasteiger partial charge in [0.05, 0.1) is 0 Å². The fraction of sp³-hybridized carbons (Fsp3) is 0.600. The molecule has 1 unspecified atom stereocenters. The molecule has 1 atom stereocenters. The van der Waals surface area contributed by atoms with Crippen molar-refractivity contribution in [3.8, 4) is 0 Å². The third-order valence-electron chi connectivity index (χ3n) is 3.07. The molecule has 3 N–H and O–H groups in total. The second kappa shape index (κ2) is 7.46. The van der Waals surface area contributed by atoms with E-state index in [-0.39, 0.29) is 0 Å². The van der Waals surface area contributed by atoms with Gasteiger partial charge in [0.1, 0.15) is 0 Å². The van der Waals surface area contributed by atoms with Gasteiger partial charge in [0.25, 0.3) is 0 Å². The Balaban J connectivity index is 2.64. The molecule has 0 radical (unpaired) electrons. The molecular formula is C15H26N2. The highest BCUT2D eigenvalue weighted by atomic mass is 14.9. The van der Waals surface area contributed by atoms with Gasteiger partial charge >= 0.3 is 0 Å². The molecule has 0 fully saturated rings. The minimum Gasteiger partial charge on any atom is -0.330 e. The summed E-state index contributed by atoms with van der Waals surface area (Å²) in [5, 5.41) is 3.36. The Hall–Kier alpha value is -0.860. The monoisotopic (exact) mass is 234 g/mol. The van der Waals surface area contributed by atoms with Crippen LogP contribution in [-0.2, 0) is 6.42 Å². The van der Waals surface area contributed by atoms with E-state index in [0.717, 1.165) is 31.7 Å². The Bertz CT molecular complexity index is 303. The highest BCUT2D eigenvalue weighted by molar-refractivity contribution is 5.25. The molecule has 0 bridgehead atoms. The first-order valence-corrected chi connectivity index (χ1v) is 6.63. The van der Waals surface area contributed by atoms with E-state index in [9.17, 15) is 0 Å². The van der Waals surface area contributed by atoms with Gasteiger partial charge in [-0.2, -0.15) is 0 Å². The maximum absolute atomic E-state index is 5.56. The van der Waals surface area contributed by atoms with Gasteiger partial charge in [0.2, 0.25) is 0 Å². The van der Waals surface area contributed by atoms with Crippen LogP contribution in [0.4, 0.5) is 0 Å². The van der Waals surface area contributed by atoms with Crippen LogP contribution < -0.4 is 11.1 Å². The van der Waals surface area contributed by atoms with Crippen LogP contribution in [-0.4, -0.2) is 13.6 Å². The zero-order valence-corrected chi connectivity index (χ0v) is 11.4. The predicted octanol–water partition coefficient (Wildman–Crippen LogP) is 2.88. The van der Waals surface area contributed by atoms with Gasteiger partial charge in [-0.1, -0.05) is 38.1 Å². The summed E-state index contributed by atoms with van der Waals surface area (Å²) < 4.78 is 0. The van der Waals surface area contributed by atoms with Gasteiger partial charge < -0.3 is 11.1 Å². The van der Waals surface area contributed by atoms with Crippen LogP contribution in [0.3, 0.4) is 0 Å². The molecular weight excluding hydrogens is 208 g/mol. The van der Waals surface area contributed by atoms with Gasteiger partial charge in [-0.15, -0.1) is 0 Å². The normalized spacial score (nSPS) is 13.0. The van der Waals surface area contributed by atoms with Crippen LogP contribution in [0.1, 0.15) is 43.9 Å². The molecule has 0 aliphatic carbocycles. The van der Waals surface area contributed by atoms with E-state index in [1.807, 2.05) is 7.05 Å². The zero-order chi connectivity index (χ0) is 12.7. The maximum atomic E-state index is 5.56. The average Bonchev–Trinajstić information content (AvgIpc) is 2.31. The van der Waals surface area contributed by atoms with Crippen molar-refractivity contribution in [2.24, 2.45) is 11.7 Å². The molecule has 0 aliphatic heterocycles. The van der Waals surface area contributed by atoms with Crippen LogP contribution in [0.5, 0.6) is 0 Å². The van der Waals surface area contributed by atoms with E-state index in [0.29, 0.717) is 6.04 Å². The first-order valence-electron chi connectivity index (χ1n) is 6.63. The first-order chi connectivity index (χ1) is 8.17. The van der Waals surface area contributed by atoms with E-state index in [1.54, 1.807) is 0 Å². The topological polar surface area (TPSA) is 38.0 Å². The van der Waals surface area contributed by atoms with Crippen molar-refractivity contribution in [3.63, 3.8) is 0 Å². The molecule has 1 aromatic carbocycles. The standard InChI is InChI=1S/C15H26N2/c1-12(2)11-13-6-8-14(9-7-13)15(17-3)5-4-10-16/h6-9,12,15,17H,4-5,10-11,16H2,1-3H3. The van der Waals surface area contributed by atoms with Gasteiger partial charge in [0.15, 0.2) is 0 Å². The molecule has 2 heteroatoms. The molecule has 17 heavy (non-hydrogen) atoms. The van der Waals surface area contributed by atoms with Gasteiger partial charge in [-0.25, -0.2) is 0 Å². The molecule has 0 spiro atoms. The summed E-state index contributed by atoms with van der Waals surface area (Å²) in [5.41, 5.74) is 8.36. The van der Waals surface area contributed by atoms with Crippen LogP contribution in [0.15, 0.2) is 24.3 Å². The molecule has 0 amide bonds. The summed E-state index contributed by atoms with van der Waals surface area (Å²) in [6.45, 7) is 5.28. The number of hydrogen-bond acceptors (Lipinski definition) is 2. The third-order valence-corrected chi connectivity index (χ3v) is 3.07. The molecule has 0 aliphatic rings. The minimum absolute atomic E-state index is 0.437. The van der Waals surface area contributed by atoms with Crippen molar-refractivity contribution in [2.75, 3.05) is 13.6 Å². The highest BCUT2D eigenvalue weighted by Gasteiger charge is 2.08. The Kier molecular flexibility index (Phi) is 6.23. The predicted molar refractivity (Wildman–Crippen MR) is 75.1 cm³/mol. The first kappa shape index (κ1) is 14.2. The molecule has 2 nitrogen and oxygen atoms in total. The number of nitrogens with two attached hydrogens (primary N) is 1.